The van der Waals surface area contributed by atoms with Crippen LogP contribution in [0.25, 0.3) is 10.9 Å². The van der Waals surface area contributed by atoms with E-state index < -0.39 is 0 Å². The molecule has 0 bridgehead atoms. The minimum absolute atomic E-state index is 0.0239. The summed E-state index contributed by atoms with van der Waals surface area (Å²) in [4.78, 5) is 35.1. The zero-order valence-corrected chi connectivity index (χ0v) is 17.6. The molecule has 31 heavy (non-hydrogen) atoms. The van der Waals surface area contributed by atoms with Crippen LogP contribution in [0.1, 0.15) is 30.1 Å². The molecule has 1 aromatic heterocycles. The highest BCUT2D eigenvalue weighted by atomic mass is 16.5. The van der Waals surface area contributed by atoms with Crippen LogP contribution in [-0.4, -0.2) is 52.9 Å². The van der Waals surface area contributed by atoms with Gasteiger partial charge in [0.15, 0.2) is 0 Å². The predicted octanol–water partition coefficient (Wildman–Crippen LogP) is 3.31. The standard InChI is InChI=1S/C23H25N5O3/c1-3-21(29)25-17-6-4-15(5-7-17)22(30)28-11-10-18(14-28)26-23-24-13-16-12-19(31-2)8-9-20(16)27-23/h4-9,12-13,18H,3,10-11,14H2,1-2H3,(H,25,29)(H,24,26,27). The SMILES string of the molecule is CCC(=O)Nc1ccc(C(=O)N2CCC(Nc3ncc4cc(OC)ccc4n3)C2)cc1. The summed E-state index contributed by atoms with van der Waals surface area (Å²) in [5, 5.41) is 7.04. The van der Waals surface area contributed by atoms with Gasteiger partial charge in [0, 0.05) is 48.4 Å². The molecule has 1 atom stereocenters. The fourth-order valence-electron chi connectivity index (χ4n) is 3.58. The quantitative estimate of drug-likeness (QED) is 0.636. The molecular weight excluding hydrogens is 394 g/mol. The van der Waals surface area contributed by atoms with Crippen molar-refractivity contribution in [2.75, 3.05) is 30.8 Å². The van der Waals surface area contributed by atoms with Gasteiger partial charge in [0.05, 0.1) is 12.6 Å². The monoisotopic (exact) mass is 419 g/mol. The Balaban J connectivity index is 1.37. The van der Waals surface area contributed by atoms with E-state index in [1.807, 2.05) is 23.1 Å². The summed E-state index contributed by atoms with van der Waals surface area (Å²) in [6.07, 6.45) is 3.00. The van der Waals surface area contributed by atoms with Crippen molar-refractivity contribution in [1.29, 1.82) is 0 Å². The average molecular weight is 419 g/mol. The zero-order chi connectivity index (χ0) is 21.8. The first-order valence-electron chi connectivity index (χ1n) is 10.3. The maximum absolute atomic E-state index is 12.8. The lowest BCUT2D eigenvalue weighted by atomic mass is 10.2. The first kappa shape index (κ1) is 20.6. The molecule has 0 radical (unpaired) electrons. The number of anilines is 2. The Morgan fingerprint density at radius 1 is 1.19 bits per heavy atom. The Kier molecular flexibility index (Phi) is 5.97. The van der Waals surface area contributed by atoms with Crippen LogP contribution in [0, 0.1) is 0 Å². The molecule has 0 spiro atoms. The summed E-state index contributed by atoms with van der Waals surface area (Å²) in [6.45, 7) is 3.04. The van der Waals surface area contributed by atoms with E-state index >= 15 is 0 Å². The molecule has 1 saturated heterocycles. The molecule has 8 heteroatoms. The number of benzene rings is 2. The van der Waals surface area contributed by atoms with Gasteiger partial charge in [-0.2, -0.15) is 0 Å². The summed E-state index contributed by atoms with van der Waals surface area (Å²) < 4.78 is 5.23. The number of carbonyl (C=O) groups excluding carboxylic acids is 2. The topological polar surface area (TPSA) is 96.5 Å². The smallest absolute Gasteiger partial charge is 0.253 e. The molecule has 1 fully saturated rings. The Labute approximate surface area is 180 Å². The van der Waals surface area contributed by atoms with Crippen molar-refractivity contribution in [2.45, 2.75) is 25.8 Å². The predicted molar refractivity (Wildman–Crippen MR) is 119 cm³/mol. The van der Waals surface area contributed by atoms with Gasteiger partial charge in [-0.3, -0.25) is 9.59 Å². The van der Waals surface area contributed by atoms with E-state index in [1.165, 1.54) is 0 Å². The van der Waals surface area contributed by atoms with E-state index in [2.05, 4.69) is 20.6 Å². The van der Waals surface area contributed by atoms with Crippen LogP contribution < -0.4 is 15.4 Å². The second-order valence-electron chi connectivity index (χ2n) is 7.48. The van der Waals surface area contributed by atoms with E-state index in [4.69, 9.17) is 4.74 Å². The van der Waals surface area contributed by atoms with Gasteiger partial charge in [-0.05, 0) is 48.9 Å². The summed E-state index contributed by atoms with van der Waals surface area (Å²) in [5.74, 6) is 1.24. The number of methoxy groups -OCH3 is 1. The Bertz CT molecular complexity index is 1100. The normalized spacial score (nSPS) is 15.7. The van der Waals surface area contributed by atoms with Crippen molar-refractivity contribution in [3.63, 3.8) is 0 Å². The number of likely N-dealkylation sites (tertiary alicyclic amines) is 1. The van der Waals surface area contributed by atoms with Gasteiger partial charge in [0.1, 0.15) is 5.75 Å². The molecular formula is C23H25N5O3. The van der Waals surface area contributed by atoms with Crippen LogP contribution in [0.3, 0.4) is 0 Å². The van der Waals surface area contributed by atoms with Crippen molar-refractivity contribution in [2.24, 2.45) is 0 Å². The van der Waals surface area contributed by atoms with Crippen LogP contribution >= 0.6 is 0 Å². The summed E-state index contributed by atoms with van der Waals surface area (Å²) in [5.41, 5.74) is 2.13. The van der Waals surface area contributed by atoms with Crippen molar-refractivity contribution in [3.8, 4) is 5.75 Å². The molecule has 0 saturated carbocycles. The molecule has 2 heterocycles. The van der Waals surface area contributed by atoms with Crippen LogP contribution in [0.2, 0.25) is 0 Å². The third kappa shape index (κ3) is 4.74. The minimum atomic E-state index is -0.0532. The third-order valence-corrected chi connectivity index (χ3v) is 5.33. The number of hydrogen-bond acceptors (Lipinski definition) is 6. The Morgan fingerprint density at radius 2 is 2.00 bits per heavy atom. The van der Waals surface area contributed by atoms with Gasteiger partial charge in [-0.1, -0.05) is 6.92 Å². The van der Waals surface area contributed by atoms with Gasteiger partial charge in [-0.15, -0.1) is 0 Å². The van der Waals surface area contributed by atoms with Gasteiger partial charge < -0.3 is 20.3 Å². The number of nitrogens with zero attached hydrogens (tertiary/aromatic N) is 3. The van der Waals surface area contributed by atoms with E-state index in [-0.39, 0.29) is 17.9 Å². The lowest BCUT2D eigenvalue weighted by molar-refractivity contribution is -0.115. The fourth-order valence-corrected chi connectivity index (χ4v) is 3.58. The van der Waals surface area contributed by atoms with Gasteiger partial charge in [-0.25, -0.2) is 9.97 Å². The molecule has 8 nitrogen and oxygen atoms in total. The maximum atomic E-state index is 12.8. The van der Waals surface area contributed by atoms with E-state index in [0.29, 0.717) is 36.7 Å². The third-order valence-electron chi connectivity index (χ3n) is 5.33. The number of carbonyl (C=O) groups is 2. The highest BCUT2D eigenvalue weighted by Gasteiger charge is 2.27. The molecule has 0 aliphatic carbocycles. The first-order chi connectivity index (χ1) is 15.1. The lowest BCUT2D eigenvalue weighted by Gasteiger charge is -2.17. The highest BCUT2D eigenvalue weighted by Crippen LogP contribution is 2.21. The second kappa shape index (κ2) is 8.99. The largest absolute Gasteiger partial charge is 0.497 e. The number of ether oxygens (including phenoxy) is 1. The fraction of sp³-hybridized carbons (Fsp3) is 0.304. The first-order valence-corrected chi connectivity index (χ1v) is 10.3. The number of amides is 2. The van der Waals surface area contributed by atoms with E-state index in [1.54, 1.807) is 44.5 Å². The zero-order valence-electron chi connectivity index (χ0n) is 17.6. The van der Waals surface area contributed by atoms with Crippen LogP contribution in [0.5, 0.6) is 5.75 Å². The summed E-state index contributed by atoms with van der Waals surface area (Å²) in [6, 6.07) is 12.8. The van der Waals surface area contributed by atoms with Crippen molar-refractivity contribution >= 4 is 34.4 Å². The molecule has 3 aromatic rings. The number of fused-ring (bicyclic) bond motifs is 1. The average Bonchev–Trinajstić information content (AvgIpc) is 3.27. The summed E-state index contributed by atoms with van der Waals surface area (Å²) >= 11 is 0. The van der Waals surface area contributed by atoms with E-state index in [9.17, 15) is 9.59 Å². The summed E-state index contributed by atoms with van der Waals surface area (Å²) in [7, 11) is 1.63. The van der Waals surface area contributed by atoms with Crippen LogP contribution in [0.15, 0.2) is 48.7 Å². The van der Waals surface area contributed by atoms with Crippen molar-refractivity contribution in [1.82, 2.24) is 14.9 Å². The molecule has 2 N–H and O–H groups in total. The molecule has 1 aliphatic heterocycles. The van der Waals surface area contributed by atoms with Crippen molar-refractivity contribution in [3.05, 3.63) is 54.2 Å². The number of rotatable bonds is 6. The molecule has 2 amide bonds. The molecule has 2 aromatic carbocycles. The second-order valence-corrected chi connectivity index (χ2v) is 7.48. The highest BCUT2D eigenvalue weighted by molar-refractivity contribution is 5.96. The van der Waals surface area contributed by atoms with Gasteiger partial charge in [0.2, 0.25) is 11.9 Å². The van der Waals surface area contributed by atoms with E-state index in [0.717, 1.165) is 23.1 Å². The minimum Gasteiger partial charge on any atom is -0.497 e. The lowest BCUT2D eigenvalue weighted by Crippen LogP contribution is -2.31. The number of hydrogen-bond donors (Lipinski definition) is 2. The van der Waals surface area contributed by atoms with Gasteiger partial charge >= 0.3 is 0 Å². The molecule has 4 rings (SSSR count). The van der Waals surface area contributed by atoms with Gasteiger partial charge in [0.25, 0.3) is 5.91 Å². The number of nitrogens with one attached hydrogen (secondary N) is 2. The van der Waals surface area contributed by atoms with Crippen LogP contribution in [0.4, 0.5) is 11.6 Å². The Hall–Kier alpha value is -3.68. The molecule has 1 unspecified atom stereocenters. The van der Waals surface area contributed by atoms with Crippen molar-refractivity contribution < 1.29 is 14.3 Å². The number of aromatic nitrogens is 2. The molecule has 160 valence electrons. The Morgan fingerprint density at radius 3 is 2.74 bits per heavy atom. The molecule has 1 aliphatic rings. The maximum Gasteiger partial charge on any atom is 0.253 e. The van der Waals surface area contributed by atoms with Crippen LogP contribution in [-0.2, 0) is 4.79 Å².